The Morgan fingerprint density at radius 2 is 1.92 bits per heavy atom. The van der Waals surface area contributed by atoms with Gasteiger partial charge in [-0.15, -0.1) is 0 Å². The number of hydrogen-bond donors (Lipinski definition) is 2. The number of anilines is 1. The number of guanidine groups is 1. The van der Waals surface area contributed by atoms with Crippen LogP contribution in [-0.2, 0) is 9.59 Å². The van der Waals surface area contributed by atoms with Crippen LogP contribution in [-0.4, -0.2) is 75.9 Å². The summed E-state index contributed by atoms with van der Waals surface area (Å²) in [6.45, 7) is -0.422. The Balaban J connectivity index is 2.04. The van der Waals surface area contributed by atoms with Crippen molar-refractivity contribution in [1.29, 1.82) is 0 Å². The Kier molecular flexibility index (Phi) is 3.76. The number of carbonyl (C=O) groups excluding carboxylic acids is 2. The molecule has 1 saturated heterocycles. The molecule has 0 aromatic heterocycles. The number of aliphatic imine (C=N–C) groups is 1. The van der Waals surface area contributed by atoms with Crippen molar-refractivity contribution in [2.75, 3.05) is 26.0 Å². The summed E-state index contributed by atoms with van der Waals surface area (Å²) in [4.78, 5) is 42.3. The Hall–Kier alpha value is -3.23. The molecule has 0 spiro atoms. The first kappa shape index (κ1) is 15.7. The summed E-state index contributed by atoms with van der Waals surface area (Å²) in [7, 11) is 2.86. The van der Waals surface area contributed by atoms with Gasteiger partial charge in [-0.25, -0.2) is 19.5 Å². The molecule has 2 aliphatic rings. The van der Waals surface area contributed by atoms with Gasteiger partial charge in [0.05, 0.1) is 5.69 Å². The van der Waals surface area contributed by atoms with E-state index in [-0.39, 0.29) is 11.8 Å². The van der Waals surface area contributed by atoms with Crippen LogP contribution >= 0.6 is 0 Å². The highest BCUT2D eigenvalue weighted by molar-refractivity contribution is 6.23. The topological polar surface area (TPSA) is 105 Å². The van der Waals surface area contributed by atoms with Crippen molar-refractivity contribution in [3.8, 4) is 0 Å². The quantitative estimate of drug-likeness (QED) is 0.750. The van der Waals surface area contributed by atoms with Gasteiger partial charge in [-0.05, 0) is 12.1 Å². The number of hydrogen-bond acceptors (Lipinski definition) is 5. The fourth-order valence-corrected chi connectivity index (χ4v) is 2.66. The molecule has 9 heteroatoms. The number of para-hydroxylation sites is 1. The molecule has 3 rings (SSSR count). The second-order valence-corrected chi connectivity index (χ2v) is 5.45. The molecule has 24 heavy (non-hydrogen) atoms. The average Bonchev–Trinajstić information content (AvgIpc) is 2.90. The number of rotatable bonds is 3. The molecule has 124 valence electrons. The van der Waals surface area contributed by atoms with Gasteiger partial charge in [0, 0.05) is 14.1 Å². The average molecular weight is 330 g/mol. The van der Waals surface area contributed by atoms with E-state index in [2.05, 4.69) is 10.3 Å². The van der Waals surface area contributed by atoms with E-state index in [0.717, 1.165) is 4.90 Å². The second kappa shape index (κ2) is 5.76. The number of nitrogens with one attached hydrogen (secondary N) is 1. The molecule has 1 fully saturated rings. The van der Waals surface area contributed by atoms with Crippen LogP contribution in [0.4, 0.5) is 10.5 Å². The van der Waals surface area contributed by atoms with Crippen molar-refractivity contribution < 1.29 is 24.1 Å². The van der Waals surface area contributed by atoms with Crippen LogP contribution in [0.25, 0.3) is 0 Å². The van der Waals surface area contributed by atoms with Crippen LogP contribution in [0.2, 0.25) is 0 Å². The highest BCUT2D eigenvalue weighted by Crippen LogP contribution is 2.19. The van der Waals surface area contributed by atoms with Crippen molar-refractivity contribution in [2.45, 2.75) is 6.04 Å². The summed E-state index contributed by atoms with van der Waals surface area (Å²) < 4.78 is 1.34. The number of likely N-dealkylation sites (N-methyl/N-ethyl adjacent to an activating group) is 2. The first-order valence-corrected chi connectivity index (χ1v) is 7.21. The highest BCUT2D eigenvalue weighted by atomic mass is 16.4. The van der Waals surface area contributed by atoms with Crippen molar-refractivity contribution in [3.63, 3.8) is 0 Å². The number of carbonyl (C=O) groups is 3. The van der Waals surface area contributed by atoms with Gasteiger partial charge in [-0.1, -0.05) is 23.2 Å². The zero-order valence-electron chi connectivity index (χ0n) is 13.1. The van der Waals surface area contributed by atoms with Crippen molar-refractivity contribution in [1.82, 2.24) is 9.80 Å². The molecule has 2 heterocycles. The fourth-order valence-electron chi connectivity index (χ4n) is 2.66. The largest absolute Gasteiger partial charge is 0.479 e. The number of benzene rings is 1. The number of carboxylic acids is 1. The minimum absolute atomic E-state index is 0.211. The Morgan fingerprint density at radius 3 is 2.54 bits per heavy atom. The molecule has 1 aromatic carbocycles. The summed E-state index contributed by atoms with van der Waals surface area (Å²) >= 11 is 0. The lowest BCUT2D eigenvalue weighted by Crippen LogP contribution is -2.61. The number of amides is 3. The minimum Gasteiger partial charge on any atom is -0.479 e. The van der Waals surface area contributed by atoms with Gasteiger partial charge >= 0.3 is 18.0 Å². The SMILES string of the molecule is CN1C(=O)C2C(=NC(Nc3ccccc3)=[N+]2CC(=O)O)N(C)C1=O. The molecule has 2 aliphatic heterocycles. The summed E-state index contributed by atoms with van der Waals surface area (Å²) in [6, 6.07) is 7.60. The first-order valence-electron chi connectivity index (χ1n) is 7.21. The number of nitrogens with zero attached hydrogens (tertiary/aromatic N) is 4. The van der Waals surface area contributed by atoms with Crippen LogP contribution in [0.5, 0.6) is 0 Å². The van der Waals surface area contributed by atoms with Crippen LogP contribution in [0.3, 0.4) is 0 Å². The number of carboxylic acid groups (broad SMARTS) is 1. The maximum Gasteiger partial charge on any atom is 0.395 e. The van der Waals surface area contributed by atoms with E-state index < -0.39 is 30.5 Å². The molecule has 2 N–H and O–H groups in total. The molecule has 3 amide bonds. The van der Waals surface area contributed by atoms with Crippen LogP contribution in [0.1, 0.15) is 0 Å². The molecular formula is C15H16N5O4+. The zero-order valence-corrected chi connectivity index (χ0v) is 13.1. The lowest BCUT2D eigenvalue weighted by atomic mass is 10.1. The molecule has 9 nitrogen and oxygen atoms in total. The van der Waals surface area contributed by atoms with Crippen LogP contribution in [0, 0.1) is 0 Å². The third kappa shape index (κ3) is 2.49. The number of urea groups is 1. The predicted molar refractivity (Wildman–Crippen MR) is 85.0 cm³/mol. The summed E-state index contributed by atoms with van der Waals surface area (Å²) in [5, 5.41) is 12.2. The summed E-state index contributed by atoms with van der Waals surface area (Å²) in [6.07, 6.45) is 0. The second-order valence-electron chi connectivity index (χ2n) is 5.45. The molecule has 1 aromatic rings. The van der Waals surface area contributed by atoms with Gasteiger partial charge in [-0.2, -0.15) is 0 Å². The van der Waals surface area contributed by atoms with Crippen molar-refractivity contribution in [3.05, 3.63) is 30.3 Å². The van der Waals surface area contributed by atoms with Gasteiger partial charge in [0.15, 0.2) is 6.54 Å². The number of aliphatic carboxylic acids is 1. The summed E-state index contributed by atoms with van der Waals surface area (Å²) in [5.74, 6) is -1.19. The summed E-state index contributed by atoms with van der Waals surface area (Å²) in [5.41, 5.74) is 0.695. The van der Waals surface area contributed by atoms with Gasteiger partial charge in [-0.3, -0.25) is 14.6 Å². The number of imide groups is 1. The molecule has 0 saturated carbocycles. The maximum absolute atomic E-state index is 12.5. The Morgan fingerprint density at radius 1 is 1.25 bits per heavy atom. The minimum atomic E-state index is -1.10. The standard InChI is InChI=1S/C15H15N5O4/c1-18-12-11(13(23)19(2)15(18)24)20(8-10(21)22)14(17-12)16-9-6-4-3-5-7-9/h3-7,11H,8H2,1-2H3,(H,21,22)/p+1. The van der Waals surface area contributed by atoms with E-state index in [1.807, 2.05) is 18.2 Å². The molecule has 0 bridgehead atoms. The predicted octanol–water partition coefficient (Wildman–Crippen LogP) is -0.144. The number of fused-ring (bicyclic) bond motifs is 1. The molecule has 0 radical (unpaired) electrons. The lowest BCUT2D eigenvalue weighted by Gasteiger charge is -2.31. The third-order valence-electron chi connectivity index (χ3n) is 3.87. The van der Waals surface area contributed by atoms with E-state index in [1.165, 1.54) is 23.6 Å². The lowest BCUT2D eigenvalue weighted by molar-refractivity contribution is -0.525. The molecule has 0 aliphatic carbocycles. The molecular weight excluding hydrogens is 314 g/mol. The zero-order chi connectivity index (χ0) is 17.4. The van der Waals surface area contributed by atoms with Gasteiger partial charge in [0.2, 0.25) is 11.9 Å². The van der Waals surface area contributed by atoms with Crippen LogP contribution in [0.15, 0.2) is 35.3 Å². The van der Waals surface area contributed by atoms with Gasteiger partial charge < -0.3 is 5.11 Å². The smallest absolute Gasteiger partial charge is 0.395 e. The van der Waals surface area contributed by atoms with E-state index in [0.29, 0.717) is 5.69 Å². The van der Waals surface area contributed by atoms with Crippen molar-refractivity contribution in [2.24, 2.45) is 4.99 Å². The van der Waals surface area contributed by atoms with Gasteiger partial charge in [0.1, 0.15) is 0 Å². The first-order chi connectivity index (χ1) is 11.4. The van der Waals surface area contributed by atoms with Crippen LogP contribution < -0.4 is 5.32 Å². The monoisotopic (exact) mass is 330 g/mol. The van der Waals surface area contributed by atoms with Crippen molar-refractivity contribution >= 4 is 35.4 Å². The Bertz CT molecular complexity index is 786. The number of amidine groups is 1. The maximum atomic E-state index is 12.5. The fraction of sp³-hybridized carbons (Fsp3) is 0.267. The highest BCUT2D eigenvalue weighted by Gasteiger charge is 2.51. The van der Waals surface area contributed by atoms with E-state index in [1.54, 1.807) is 12.1 Å². The van der Waals surface area contributed by atoms with E-state index >= 15 is 0 Å². The molecule has 1 atom stereocenters. The normalized spacial score (nSPS) is 20.2. The van der Waals surface area contributed by atoms with E-state index in [4.69, 9.17) is 0 Å². The van der Waals surface area contributed by atoms with Gasteiger partial charge in [0.25, 0.3) is 5.91 Å². The third-order valence-corrected chi connectivity index (χ3v) is 3.87. The molecule has 1 unspecified atom stereocenters. The Labute approximate surface area is 137 Å². The van der Waals surface area contributed by atoms with E-state index in [9.17, 15) is 19.5 Å².